The number of rotatable bonds is 8. The first-order valence-electron chi connectivity index (χ1n) is 11.8. The van der Waals surface area contributed by atoms with Crippen LogP contribution in [0.2, 0.25) is 0 Å². The van der Waals surface area contributed by atoms with Crippen LogP contribution in [0.15, 0.2) is 59.7 Å². The Kier molecular flexibility index (Phi) is 10.0. The zero-order chi connectivity index (χ0) is 22.2. The van der Waals surface area contributed by atoms with Gasteiger partial charge in [-0.1, -0.05) is 49.4 Å². The molecule has 4 rings (SSSR count). The Morgan fingerprint density at radius 3 is 2.36 bits per heavy atom. The van der Waals surface area contributed by atoms with Gasteiger partial charge >= 0.3 is 0 Å². The highest BCUT2D eigenvalue weighted by molar-refractivity contribution is 14.0. The van der Waals surface area contributed by atoms with Gasteiger partial charge in [0.05, 0.1) is 0 Å². The average molecular weight is 561 g/mol. The van der Waals surface area contributed by atoms with Gasteiger partial charge < -0.3 is 20.5 Å². The number of nitrogens with one attached hydrogen (secondary N) is 3. The third-order valence-electron chi connectivity index (χ3n) is 6.39. The van der Waals surface area contributed by atoms with E-state index in [1.807, 2.05) is 7.05 Å². The van der Waals surface area contributed by atoms with Crippen LogP contribution in [0.25, 0.3) is 10.9 Å². The Bertz CT molecular complexity index is 1010. The second-order valence-corrected chi connectivity index (χ2v) is 8.49. The molecule has 2 heterocycles. The van der Waals surface area contributed by atoms with Crippen molar-refractivity contribution in [3.05, 3.63) is 71.4 Å². The molecule has 0 unspecified atom stereocenters. The van der Waals surface area contributed by atoms with Crippen molar-refractivity contribution in [1.82, 2.24) is 25.4 Å². The number of H-pyrrole nitrogens is 1. The van der Waals surface area contributed by atoms with E-state index in [0.717, 1.165) is 51.6 Å². The summed E-state index contributed by atoms with van der Waals surface area (Å²) in [6.07, 6.45) is 3.06. The number of aliphatic imine (C=N–C) groups is 1. The highest BCUT2D eigenvalue weighted by Crippen LogP contribution is 2.17. The monoisotopic (exact) mass is 560 g/mol. The molecule has 1 aliphatic rings. The molecule has 3 N–H and O–H groups in total. The van der Waals surface area contributed by atoms with Crippen LogP contribution in [0.3, 0.4) is 0 Å². The van der Waals surface area contributed by atoms with E-state index in [2.05, 4.69) is 92.1 Å². The Balaban J connectivity index is 0.00000306. The van der Waals surface area contributed by atoms with Crippen LogP contribution >= 0.6 is 24.0 Å². The first-order valence-corrected chi connectivity index (χ1v) is 11.8. The second kappa shape index (κ2) is 13.0. The lowest BCUT2D eigenvalue weighted by Gasteiger charge is -2.34. The van der Waals surface area contributed by atoms with Crippen LogP contribution < -0.4 is 10.6 Å². The van der Waals surface area contributed by atoms with Gasteiger partial charge in [0.2, 0.25) is 0 Å². The molecule has 0 saturated carbocycles. The first-order chi connectivity index (χ1) is 15.7. The maximum absolute atomic E-state index is 4.37. The van der Waals surface area contributed by atoms with Gasteiger partial charge in [0.1, 0.15) is 0 Å². The van der Waals surface area contributed by atoms with E-state index in [0.29, 0.717) is 0 Å². The molecule has 33 heavy (non-hydrogen) atoms. The van der Waals surface area contributed by atoms with Crippen molar-refractivity contribution < 1.29 is 0 Å². The number of para-hydroxylation sites is 1. The van der Waals surface area contributed by atoms with E-state index in [1.165, 1.54) is 40.7 Å². The topological polar surface area (TPSA) is 58.7 Å². The van der Waals surface area contributed by atoms with Crippen LogP contribution in [0.1, 0.15) is 23.6 Å². The van der Waals surface area contributed by atoms with Gasteiger partial charge in [-0.15, -0.1) is 24.0 Å². The van der Waals surface area contributed by atoms with Gasteiger partial charge in [0.15, 0.2) is 5.96 Å². The number of piperazine rings is 1. The van der Waals surface area contributed by atoms with Crippen LogP contribution in [0.5, 0.6) is 0 Å². The molecule has 178 valence electrons. The minimum absolute atomic E-state index is 0. The SMILES string of the molecule is CCN1CCN(Cc2ccc(CNC(=NC)NCCc3c[nH]c4ccccc34)cc2)CC1.I. The summed E-state index contributed by atoms with van der Waals surface area (Å²) in [5.41, 5.74) is 5.18. The van der Waals surface area contributed by atoms with E-state index in [4.69, 9.17) is 0 Å². The zero-order valence-electron chi connectivity index (χ0n) is 19.8. The normalized spacial score (nSPS) is 15.4. The number of nitrogens with zero attached hydrogens (tertiary/aromatic N) is 3. The minimum atomic E-state index is 0. The van der Waals surface area contributed by atoms with Crippen molar-refractivity contribution in [3.63, 3.8) is 0 Å². The number of fused-ring (bicyclic) bond motifs is 1. The molecule has 0 atom stereocenters. The first kappa shape index (κ1) is 25.5. The third kappa shape index (κ3) is 7.19. The smallest absolute Gasteiger partial charge is 0.191 e. The Hall–Kier alpha value is -2.10. The van der Waals surface area contributed by atoms with Crippen molar-refractivity contribution in [3.8, 4) is 0 Å². The summed E-state index contributed by atoms with van der Waals surface area (Å²) in [5, 5.41) is 8.16. The molecule has 0 radical (unpaired) electrons. The number of benzene rings is 2. The summed E-state index contributed by atoms with van der Waals surface area (Å²) >= 11 is 0. The Labute approximate surface area is 214 Å². The largest absolute Gasteiger partial charge is 0.361 e. The summed E-state index contributed by atoms with van der Waals surface area (Å²) < 4.78 is 0. The van der Waals surface area contributed by atoms with Crippen LogP contribution in [0, 0.1) is 0 Å². The molecule has 1 fully saturated rings. The van der Waals surface area contributed by atoms with Crippen LogP contribution in [-0.4, -0.2) is 67.1 Å². The highest BCUT2D eigenvalue weighted by Gasteiger charge is 2.15. The van der Waals surface area contributed by atoms with E-state index in [-0.39, 0.29) is 24.0 Å². The number of halogens is 1. The number of hydrogen-bond acceptors (Lipinski definition) is 3. The van der Waals surface area contributed by atoms with Crippen LogP contribution in [0.4, 0.5) is 0 Å². The molecule has 1 saturated heterocycles. The predicted octanol–water partition coefficient (Wildman–Crippen LogP) is 3.83. The summed E-state index contributed by atoms with van der Waals surface area (Å²) in [6.45, 7) is 10.8. The fourth-order valence-electron chi connectivity index (χ4n) is 4.34. The van der Waals surface area contributed by atoms with E-state index < -0.39 is 0 Å². The van der Waals surface area contributed by atoms with Gasteiger partial charge in [0.25, 0.3) is 0 Å². The molecule has 0 spiro atoms. The van der Waals surface area contributed by atoms with E-state index in [9.17, 15) is 0 Å². The fraction of sp³-hybridized carbons (Fsp3) is 0.423. The average Bonchev–Trinajstić information content (AvgIpc) is 3.26. The summed E-state index contributed by atoms with van der Waals surface area (Å²) in [5.74, 6) is 0.836. The number of aromatic amines is 1. The molecular formula is C26H37IN6. The quantitative estimate of drug-likeness (QED) is 0.223. The minimum Gasteiger partial charge on any atom is -0.361 e. The molecule has 0 bridgehead atoms. The zero-order valence-corrected chi connectivity index (χ0v) is 22.1. The molecule has 0 amide bonds. The lowest BCUT2D eigenvalue weighted by atomic mass is 10.1. The van der Waals surface area contributed by atoms with Gasteiger partial charge in [-0.3, -0.25) is 9.89 Å². The molecular weight excluding hydrogens is 523 g/mol. The maximum atomic E-state index is 4.37. The van der Waals surface area contributed by atoms with Crippen molar-refractivity contribution in [2.45, 2.75) is 26.4 Å². The Morgan fingerprint density at radius 1 is 0.939 bits per heavy atom. The highest BCUT2D eigenvalue weighted by atomic mass is 127. The predicted molar refractivity (Wildman–Crippen MR) is 149 cm³/mol. The van der Waals surface area contributed by atoms with Gasteiger partial charge in [0, 0.05) is 70.0 Å². The molecule has 1 aromatic heterocycles. The molecule has 2 aromatic carbocycles. The van der Waals surface area contributed by atoms with Gasteiger partial charge in [-0.05, 0) is 35.7 Å². The van der Waals surface area contributed by atoms with Crippen molar-refractivity contribution in [2.75, 3.05) is 46.3 Å². The molecule has 3 aromatic rings. The Morgan fingerprint density at radius 2 is 1.64 bits per heavy atom. The summed E-state index contributed by atoms with van der Waals surface area (Å²) in [7, 11) is 1.82. The number of likely N-dealkylation sites (N-methyl/N-ethyl adjacent to an activating group) is 1. The number of guanidine groups is 1. The second-order valence-electron chi connectivity index (χ2n) is 8.49. The van der Waals surface area contributed by atoms with E-state index in [1.54, 1.807) is 0 Å². The molecule has 7 heteroatoms. The van der Waals surface area contributed by atoms with Gasteiger partial charge in [-0.2, -0.15) is 0 Å². The fourth-order valence-corrected chi connectivity index (χ4v) is 4.34. The standard InChI is InChI=1S/C26H36N6.HI/c1-3-31-14-16-32(17-15-31)20-22-10-8-21(9-11-22)18-30-26(27-2)28-13-12-23-19-29-25-7-5-4-6-24(23)25;/h4-11,19,29H,3,12-18,20H2,1-2H3,(H2,27,28,30);1H. The number of aromatic nitrogens is 1. The van der Waals surface area contributed by atoms with Crippen molar-refractivity contribution >= 4 is 40.8 Å². The van der Waals surface area contributed by atoms with Crippen LogP contribution in [-0.2, 0) is 19.5 Å². The molecule has 6 nitrogen and oxygen atoms in total. The van der Waals surface area contributed by atoms with E-state index >= 15 is 0 Å². The summed E-state index contributed by atoms with van der Waals surface area (Å²) in [6, 6.07) is 17.4. The maximum Gasteiger partial charge on any atom is 0.191 e. The molecule has 1 aliphatic heterocycles. The van der Waals surface area contributed by atoms with Gasteiger partial charge in [-0.25, -0.2) is 0 Å². The summed E-state index contributed by atoms with van der Waals surface area (Å²) in [4.78, 5) is 12.8. The van der Waals surface area contributed by atoms with Crippen molar-refractivity contribution in [1.29, 1.82) is 0 Å². The third-order valence-corrected chi connectivity index (χ3v) is 6.39. The lowest BCUT2D eigenvalue weighted by Crippen LogP contribution is -2.45. The van der Waals surface area contributed by atoms with Crippen molar-refractivity contribution in [2.24, 2.45) is 4.99 Å². The number of hydrogen-bond donors (Lipinski definition) is 3. The molecule has 0 aliphatic carbocycles. The lowest BCUT2D eigenvalue weighted by molar-refractivity contribution is 0.132.